The Labute approximate surface area is 81.8 Å². The van der Waals surface area contributed by atoms with E-state index >= 15 is 0 Å². The number of halogens is 1. The van der Waals surface area contributed by atoms with Gasteiger partial charge in [-0.3, -0.25) is 0 Å². The zero-order valence-electron chi connectivity index (χ0n) is 6.85. The zero-order valence-corrected chi connectivity index (χ0v) is 9.01. The van der Waals surface area contributed by atoms with Crippen LogP contribution in [0, 0.1) is 0 Å². The summed E-state index contributed by atoms with van der Waals surface area (Å²) in [4.78, 5) is 0. The van der Waals surface area contributed by atoms with Crippen molar-refractivity contribution in [1.82, 2.24) is 0 Å². The quantitative estimate of drug-likeness (QED) is 0.354. The maximum atomic E-state index is 9.44. The van der Waals surface area contributed by atoms with E-state index in [9.17, 15) is 10.2 Å². The molecule has 0 aliphatic carbocycles. The van der Waals surface area contributed by atoms with Gasteiger partial charge in [-0.15, -0.1) is 0 Å². The first-order valence-corrected chi connectivity index (χ1v) is 6.62. The van der Waals surface area contributed by atoms with E-state index < -0.39 is 16.3 Å². The minimum absolute atomic E-state index is 0.104. The first-order chi connectivity index (χ1) is 5.65. The van der Waals surface area contributed by atoms with Gasteiger partial charge in [-0.25, -0.2) is 0 Å². The third-order valence-corrected chi connectivity index (χ3v) is 5.05. The summed E-state index contributed by atoms with van der Waals surface area (Å²) in [5.74, 6) is 0. The van der Waals surface area contributed by atoms with Crippen molar-refractivity contribution in [3.05, 3.63) is 0 Å². The van der Waals surface area contributed by atoms with E-state index in [1.807, 2.05) is 6.92 Å². The summed E-state index contributed by atoms with van der Waals surface area (Å²) in [7, 11) is 0. The van der Waals surface area contributed by atoms with Gasteiger partial charge in [0.25, 0.3) is 0 Å². The predicted octanol–water partition coefficient (Wildman–Crippen LogP) is -4.47. The SMILES string of the molecule is CC1C[I-]C(O)C(C(O)CO)O1. The first-order valence-electron chi connectivity index (χ1n) is 3.85. The molecule has 0 aromatic carbocycles. The standard InChI is InChI=1S/C7H14IO4/c1-4-2-8-7(11)6(12-4)5(10)3-9/h4-7,9-11H,2-3H2,1H3/q-1. The van der Waals surface area contributed by atoms with Crippen molar-refractivity contribution in [2.45, 2.75) is 29.3 Å². The molecule has 0 saturated carbocycles. The van der Waals surface area contributed by atoms with E-state index in [1.54, 1.807) is 0 Å². The van der Waals surface area contributed by atoms with Gasteiger partial charge in [0, 0.05) is 0 Å². The van der Waals surface area contributed by atoms with Crippen LogP contribution in [0.25, 0.3) is 0 Å². The Hall–Kier alpha value is 0.570. The van der Waals surface area contributed by atoms with Crippen molar-refractivity contribution in [1.29, 1.82) is 0 Å². The Bertz CT molecular complexity index is 139. The van der Waals surface area contributed by atoms with E-state index in [1.165, 1.54) is 0 Å². The normalized spacial score (nSPS) is 40.2. The summed E-state index contributed by atoms with van der Waals surface area (Å²) >= 11 is -0.309. The van der Waals surface area contributed by atoms with Gasteiger partial charge in [-0.1, -0.05) is 0 Å². The number of aliphatic hydroxyl groups excluding tert-OH is 3. The molecule has 1 aliphatic rings. The fourth-order valence-corrected chi connectivity index (χ4v) is 3.65. The molecule has 12 heavy (non-hydrogen) atoms. The summed E-state index contributed by atoms with van der Waals surface area (Å²) in [6.07, 6.45) is -1.42. The van der Waals surface area contributed by atoms with Crippen LogP contribution >= 0.6 is 0 Å². The van der Waals surface area contributed by atoms with Crippen LogP contribution in [0.3, 0.4) is 0 Å². The molecule has 1 aliphatic heterocycles. The molecule has 4 atom stereocenters. The Morgan fingerprint density at radius 1 is 1.67 bits per heavy atom. The van der Waals surface area contributed by atoms with Gasteiger partial charge in [-0.2, -0.15) is 0 Å². The minimum atomic E-state index is -0.942. The summed E-state index contributed by atoms with van der Waals surface area (Å²) in [6, 6.07) is 0. The molecule has 0 aromatic rings. The molecule has 1 fully saturated rings. The molecular weight excluding hydrogens is 275 g/mol. The number of hydrogen-bond acceptors (Lipinski definition) is 4. The average molecular weight is 289 g/mol. The molecule has 1 saturated heterocycles. The molecule has 4 unspecified atom stereocenters. The number of hydrogen-bond donors (Lipinski definition) is 3. The molecule has 74 valence electrons. The van der Waals surface area contributed by atoms with Crippen molar-refractivity contribution in [3.63, 3.8) is 0 Å². The molecule has 0 radical (unpaired) electrons. The third-order valence-electron chi connectivity index (χ3n) is 1.69. The topological polar surface area (TPSA) is 69.9 Å². The van der Waals surface area contributed by atoms with Crippen LogP contribution in [-0.4, -0.2) is 48.8 Å². The summed E-state index contributed by atoms with van der Waals surface area (Å²) in [6.45, 7) is 1.57. The second kappa shape index (κ2) is 4.71. The van der Waals surface area contributed by atoms with Crippen LogP contribution < -0.4 is 21.2 Å². The van der Waals surface area contributed by atoms with Gasteiger partial charge < -0.3 is 0 Å². The Balaban J connectivity index is 2.48. The fourth-order valence-electron chi connectivity index (χ4n) is 1.05. The zero-order chi connectivity index (χ0) is 9.14. The Morgan fingerprint density at radius 2 is 2.33 bits per heavy atom. The van der Waals surface area contributed by atoms with Crippen LogP contribution in [0.1, 0.15) is 6.92 Å². The third kappa shape index (κ3) is 2.53. The number of rotatable bonds is 2. The van der Waals surface area contributed by atoms with Gasteiger partial charge in [0.2, 0.25) is 0 Å². The Morgan fingerprint density at radius 3 is 2.92 bits per heavy atom. The van der Waals surface area contributed by atoms with Gasteiger partial charge in [0.1, 0.15) is 0 Å². The molecule has 1 rings (SSSR count). The van der Waals surface area contributed by atoms with Crippen LogP contribution in [0.15, 0.2) is 0 Å². The van der Waals surface area contributed by atoms with Gasteiger partial charge in [0.15, 0.2) is 0 Å². The van der Waals surface area contributed by atoms with Crippen molar-refractivity contribution in [3.8, 4) is 0 Å². The number of aliphatic hydroxyl groups is 3. The molecule has 4 nitrogen and oxygen atoms in total. The molecule has 0 spiro atoms. The van der Waals surface area contributed by atoms with Gasteiger partial charge in [-0.05, 0) is 0 Å². The van der Waals surface area contributed by atoms with E-state index in [-0.39, 0.29) is 33.9 Å². The molecule has 5 heteroatoms. The number of ether oxygens (including phenoxy) is 1. The van der Waals surface area contributed by atoms with Gasteiger partial charge >= 0.3 is 81.6 Å². The predicted molar refractivity (Wildman–Crippen MR) is 38.3 cm³/mol. The molecular formula is C7H14IO4-. The molecule has 3 N–H and O–H groups in total. The van der Waals surface area contributed by atoms with Crippen LogP contribution in [0.4, 0.5) is 0 Å². The van der Waals surface area contributed by atoms with Crippen LogP contribution in [-0.2, 0) is 4.74 Å². The molecule has 0 bridgehead atoms. The Kier molecular flexibility index (Phi) is 4.18. The van der Waals surface area contributed by atoms with Gasteiger partial charge in [0.05, 0.1) is 0 Å². The second-order valence-corrected chi connectivity index (χ2v) is 5.88. The number of alkyl halides is 2. The van der Waals surface area contributed by atoms with Crippen molar-refractivity contribution < 1.29 is 41.3 Å². The fraction of sp³-hybridized carbons (Fsp3) is 1.00. The van der Waals surface area contributed by atoms with E-state index in [0.717, 1.165) is 4.43 Å². The first kappa shape index (κ1) is 10.6. The van der Waals surface area contributed by atoms with Crippen molar-refractivity contribution in [2.24, 2.45) is 0 Å². The van der Waals surface area contributed by atoms with E-state index in [2.05, 4.69) is 0 Å². The second-order valence-electron chi connectivity index (χ2n) is 2.84. The van der Waals surface area contributed by atoms with Crippen molar-refractivity contribution in [2.75, 3.05) is 11.0 Å². The monoisotopic (exact) mass is 289 g/mol. The maximum absolute atomic E-state index is 9.44. The van der Waals surface area contributed by atoms with Crippen LogP contribution in [0.5, 0.6) is 0 Å². The summed E-state index contributed by atoms with van der Waals surface area (Å²) < 4.78 is 5.69. The molecule has 1 heterocycles. The van der Waals surface area contributed by atoms with Crippen molar-refractivity contribution >= 4 is 0 Å². The van der Waals surface area contributed by atoms with E-state index in [0.29, 0.717) is 0 Å². The summed E-state index contributed by atoms with van der Waals surface area (Å²) in [5, 5.41) is 27.4. The van der Waals surface area contributed by atoms with Crippen LogP contribution in [0.2, 0.25) is 0 Å². The van der Waals surface area contributed by atoms with E-state index in [4.69, 9.17) is 9.84 Å². The molecule has 0 amide bonds. The molecule has 0 aromatic heterocycles. The average Bonchev–Trinajstić information content (AvgIpc) is 2.08. The summed E-state index contributed by atoms with van der Waals surface area (Å²) in [5.41, 5.74) is 0.